The average Bonchev–Trinajstić information content (AvgIpc) is 2.20. The predicted molar refractivity (Wildman–Crippen MR) is 63.1 cm³/mol. The van der Waals surface area contributed by atoms with Crippen molar-refractivity contribution in [1.82, 2.24) is 10.3 Å². The molecule has 1 aromatic heterocycles. The first-order chi connectivity index (χ1) is 7.53. The Balaban J connectivity index is 2.32. The van der Waals surface area contributed by atoms with Crippen molar-refractivity contribution < 1.29 is 10.2 Å². The molecule has 0 aliphatic carbocycles. The lowest BCUT2D eigenvalue weighted by molar-refractivity contribution is 0.0497. The molecule has 1 unspecified atom stereocenters. The molecule has 1 rings (SSSR count). The second-order valence-corrected chi connectivity index (χ2v) is 4.36. The van der Waals surface area contributed by atoms with Gasteiger partial charge < -0.3 is 15.5 Å². The van der Waals surface area contributed by atoms with Gasteiger partial charge in [0, 0.05) is 13.1 Å². The van der Waals surface area contributed by atoms with Crippen LogP contribution in [0.1, 0.15) is 32.4 Å². The van der Waals surface area contributed by atoms with Crippen LogP contribution in [0.25, 0.3) is 0 Å². The Morgan fingerprint density at radius 1 is 1.44 bits per heavy atom. The van der Waals surface area contributed by atoms with Crippen molar-refractivity contribution in [2.75, 3.05) is 6.54 Å². The van der Waals surface area contributed by atoms with Crippen LogP contribution in [0.4, 0.5) is 0 Å². The number of aliphatic hydroxyl groups is 1. The first-order valence-corrected chi connectivity index (χ1v) is 5.60. The lowest BCUT2D eigenvalue weighted by Crippen LogP contribution is -2.37. The fraction of sp³-hybridized carbons (Fsp3) is 0.583. The molecule has 0 saturated carbocycles. The third-order valence-corrected chi connectivity index (χ3v) is 2.41. The molecule has 4 heteroatoms. The number of nitrogens with zero attached hydrogens (tertiary/aromatic N) is 1. The minimum absolute atomic E-state index is 0.168. The fourth-order valence-electron chi connectivity index (χ4n) is 1.61. The Hall–Kier alpha value is -1.13. The highest BCUT2D eigenvalue weighted by Gasteiger charge is 2.17. The van der Waals surface area contributed by atoms with Crippen molar-refractivity contribution in [3.8, 4) is 5.75 Å². The summed E-state index contributed by atoms with van der Waals surface area (Å²) in [6.45, 7) is 5.02. The molecule has 1 atom stereocenters. The normalized spacial score (nSPS) is 14.7. The van der Waals surface area contributed by atoms with E-state index in [4.69, 9.17) is 5.11 Å². The number of nitrogens with one attached hydrogen (secondary N) is 1. The largest absolute Gasteiger partial charge is 0.506 e. The minimum atomic E-state index is -0.661. The highest BCUT2D eigenvalue weighted by Crippen LogP contribution is 2.10. The molecular formula is C12H20N2O2. The molecule has 1 aromatic rings. The van der Waals surface area contributed by atoms with Crippen LogP contribution >= 0.6 is 0 Å². The summed E-state index contributed by atoms with van der Waals surface area (Å²) in [6.07, 6.45) is 3.16. The zero-order valence-corrected chi connectivity index (χ0v) is 9.90. The summed E-state index contributed by atoms with van der Waals surface area (Å²) in [5, 5.41) is 22.1. The van der Waals surface area contributed by atoms with E-state index in [1.807, 2.05) is 6.92 Å². The molecule has 16 heavy (non-hydrogen) atoms. The van der Waals surface area contributed by atoms with Crippen LogP contribution in [0.5, 0.6) is 5.75 Å². The van der Waals surface area contributed by atoms with Gasteiger partial charge in [-0.05, 0) is 25.5 Å². The van der Waals surface area contributed by atoms with Crippen LogP contribution in [-0.2, 0) is 6.54 Å². The standard InChI is InChI=1S/C12H20N2O2/c1-3-6-12(2,16)9-13-7-10-4-5-11(15)8-14-10/h4-5,8,13,15-16H,3,6-7,9H2,1-2H3. The van der Waals surface area contributed by atoms with Crippen LogP contribution in [0.2, 0.25) is 0 Å². The molecule has 0 aromatic carbocycles. The maximum absolute atomic E-state index is 9.91. The number of aromatic hydroxyl groups is 1. The van der Waals surface area contributed by atoms with Crippen LogP contribution in [0, 0.1) is 0 Å². The van der Waals surface area contributed by atoms with Gasteiger partial charge in [-0.25, -0.2) is 0 Å². The van der Waals surface area contributed by atoms with E-state index in [0.29, 0.717) is 13.1 Å². The van der Waals surface area contributed by atoms with E-state index >= 15 is 0 Å². The van der Waals surface area contributed by atoms with Crippen molar-refractivity contribution in [2.45, 2.75) is 38.8 Å². The minimum Gasteiger partial charge on any atom is -0.506 e. The van der Waals surface area contributed by atoms with Gasteiger partial charge in [-0.1, -0.05) is 13.3 Å². The van der Waals surface area contributed by atoms with Crippen molar-refractivity contribution in [3.05, 3.63) is 24.0 Å². The molecule has 90 valence electrons. The number of pyridine rings is 1. The molecule has 1 heterocycles. The quantitative estimate of drug-likeness (QED) is 0.684. The molecule has 0 bridgehead atoms. The molecule has 4 nitrogen and oxygen atoms in total. The van der Waals surface area contributed by atoms with Crippen LogP contribution in [-0.4, -0.2) is 27.3 Å². The highest BCUT2D eigenvalue weighted by molar-refractivity contribution is 5.17. The molecule has 0 saturated heterocycles. The predicted octanol–water partition coefficient (Wildman–Crippen LogP) is 1.43. The van der Waals surface area contributed by atoms with Gasteiger partial charge in [0.25, 0.3) is 0 Å². The molecule has 0 fully saturated rings. The topological polar surface area (TPSA) is 65.4 Å². The lowest BCUT2D eigenvalue weighted by atomic mass is 10.0. The zero-order chi connectivity index (χ0) is 12.0. The number of hydrogen-bond donors (Lipinski definition) is 3. The number of rotatable bonds is 6. The van der Waals surface area contributed by atoms with E-state index < -0.39 is 5.60 Å². The van der Waals surface area contributed by atoms with E-state index in [1.54, 1.807) is 12.1 Å². The Labute approximate surface area is 96.3 Å². The molecular weight excluding hydrogens is 204 g/mol. The zero-order valence-electron chi connectivity index (χ0n) is 9.90. The molecule has 0 aliphatic heterocycles. The molecule has 0 aliphatic rings. The second-order valence-electron chi connectivity index (χ2n) is 4.36. The second kappa shape index (κ2) is 5.82. The molecule has 0 amide bonds. The van der Waals surface area contributed by atoms with Crippen molar-refractivity contribution in [1.29, 1.82) is 0 Å². The summed E-state index contributed by atoms with van der Waals surface area (Å²) < 4.78 is 0. The third-order valence-electron chi connectivity index (χ3n) is 2.41. The summed E-state index contributed by atoms with van der Waals surface area (Å²) in [5.41, 5.74) is 0.191. The third kappa shape index (κ3) is 4.59. The van der Waals surface area contributed by atoms with E-state index in [2.05, 4.69) is 17.2 Å². The van der Waals surface area contributed by atoms with Gasteiger partial charge in [0.1, 0.15) is 5.75 Å². The van der Waals surface area contributed by atoms with Crippen molar-refractivity contribution in [3.63, 3.8) is 0 Å². The van der Waals surface area contributed by atoms with Gasteiger partial charge in [-0.2, -0.15) is 0 Å². The summed E-state index contributed by atoms with van der Waals surface area (Å²) in [6, 6.07) is 3.37. The van der Waals surface area contributed by atoms with Crippen molar-refractivity contribution >= 4 is 0 Å². The van der Waals surface area contributed by atoms with Gasteiger partial charge in [-0.3, -0.25) is 4.98 Å². The average molecular weight is 224 g/mol. The van der Waals surface area contributed by atoms with E-state index in [-0.39, 0.29) is 5.75 Å². The summed E-state index contributed by atoms with van der Waals surface area (Å²) in [5.74, 6) is 0.168. The Morgan fingerprint density at radius 2 is 2.19 bits per heavy atom. The molecule has 0 spiro atoms. The van der Waals surface area contributed by atoms with E-state index in [9.17, 15) is 5.11 Å². The first-order valence-electron chi connectivity index (χ1n) is 5.60. The summed E-state index contributed by atoms with van der Waals surface area (Å²) >= 11 is 0. The van der Waals surface area contributed by atoms with E-state index in [0.717, 1.165) is 18.5 Å². The molecule has 0 radical (unpaired) electrons. The van der Waals surface area contributed by atoms with Crippen LogP contribution in [0.15, 0.2) is 18.3 Å². The summed E-state index contributed by atoms with van der Waals surface area (Å²) in [7, 11) is 0. The van der Waals surface area contributed by atoms with Crippen LogP contribution < -0.4 is 5.32 Å². The van der Waals surface area contributed by atoms with Gasteiger partial charge >= 0.3 is 0 Å². The highest BCUT2D eigenvalue weighted by atomic mass is 16.3. The van der Waals surface area contributed by atoms with Gasteiger partial charge in [0.15, 0.2) is 0 Å². The van der Waals surface area contributed by atoms with Crippen molar-refractivity contribution in [2.24, 2.45) is 0 Å². The van der Waals surface area contributed by atoms with Gasteiger partial charge in [0.05, 0.1) is 17.5 Å². The smallest absolute Gasteiger partial charge is 0.133 e. The SMILES string of the molecule is CCCC(C)(O)CNCc1ccc(O)cn1. The summed E-state index contributed by atoms with van der Waals surface area (Å²) in [4.78, 5) is 4.05. The monoisotopic (exact) mass is 224 g/mol. The van der Waals surface area contributed by atoms with Crippen LogP contribution in [0.3, 0.4) is 0 Å². The Morgan fingerprint density at radius 3 is 2.75 bits per heavy atom. The molecule has 3 N–H and O–H groups in total. The van der Waals surface area contributed by atoms with E-state index in [1.165, 1.54) is 6.20 Å². The number of hydrogen-bond acceptors (Lipinski definition) is 4. The maximum atomic E-state index is 9.91. The fourth-order valence-corrected chi connectivity index (χ4v) is 1.61. The first kappa shape index (κ1) is 12.9. The van der Waals surface area contributed by atoms with Gasteiger partial charge in [0.2, 0.25) is 0 Å². The maximum Gasteiger partial charge on any atom is 0.133 e. The Bertz CT molecular complexity index is 309. The number of aromatic nitrogens is 1. The lowest BCUT2D eigenvalue weighted by Gasteiger charge is -2.22. The Kier molecular flexibility index (Phi) is 4.71. The van der Waals surface area contributed by atoms with Gasteiger partial charge in [-0.15, -0.1) is 0 Å².